The van der Waals surface area contributed by atoms with E-state index in [0.29, 0.717) is 0 Å². The fraction of sp³-hybridized carbons (Fsp3) is 0.600. The van der Waals surface area contributed by atoms with E-state index in [2.05, 4.69) is 15.8 Å². The van der Waals surface area contributed by atoms with Crippen LogP contribution >= 0.6 is 12.4 Å². The van der Waals surface area contributed by atoms with Gasteiger partial charge in [0.2, 0.25) is 5.76 Å². The molecule has 16 heavy (non-hydrogen) atoms. The molecular formula is C10H16ClN3O2. The Balaban J connectivity index is 0.00000128. The van der Waals surface area contributed by atoms with Crippen LogP contribution in [-0.4, -0.2) is 30.2 Å². The molecule has 1 aliphatic rings. The van der Waals surface area contributed by atoms with Crippen molar-refractivity contribution in [1.82, 2.24) is 15.8 Å². The van der Waals surface area contributed by atoms with Gasteiger partial charge in [-0.2, -0.15) is 0 Å². The van der Waals surface area contributed by atoms with Gasteiger partial charge in [0, 0.05) is 18.7 Å². The molecule has 6 heteroatoms. The molecule has 5 nitrogen and oxygen atoms in total. The minimum absolute atomic E-state index is 0. The molecule has 1 amide bonds. The molecule has 2 rings (SSSR count). The van der Waals surface area contributed by atoms with Gasteiger partial charge in [-0.25, -0.2) is 0 Å². The Hall–Kier alpha value is -1.07. The van der Waals surface area contributed by atoms with E-state index < -0.39 is 0 Å². The molecule has 0 spiro atoms. The highest BCUT2D eigenvalue weighted by molar-refractivity contribution is 5.91. The number of piperidine rings is 1. The summed E-state index contributed by atoms with van der Waals surface area (Å²) in [6, 6.07) is 1.85. The largest absolute Gasteiger partial charge is 0.351 e. The lowest BCUT2D eigenvalue weighted by Crippen LogP contribution is -2.45. The SMILES string of the molecule is Cc1cc(C(=O)N[C@H]2CCCNC2)on1.Cl. The van der Waals surface area contributed by atoms with Gasteiger partial charge in [-0.15, -0.1) is 12.4 Å². The summed E-state index contributed by atoms with van der Waals surface area (Å²) >= 11 is 0. The van der Waals surface area contributed by atoms with E-state index in [9.17, 15) is 4.79 Å². The van der Waals surface area contributed by atoms with Crippen molar-refractivity contribution in [2.45, 2.75) is 25.8 Å². The standard InChI is InChI=1S/C10H15N3O2.ClH/c1-7-5-9(15-13-7)10(14)12-8-3-2-4-11-6-8;/h5,8,11H,2-4,6H2,1H3,(H,12,14);1H/t8-;/m0./s1. The Labute approximate surface area is 100 Å². The van der Waals surface area contributed by atoms with E-state index in [4.69, 9.17) is 4.52 Å². The number of carbonyl (C=O) groups is 1. The van der Waals surface area contributed by atoms with Gasteiger partial charge in [0.05, 0.1) is 5.69 Å². The van der Waals surface area contributed by atoms with Crippen molar-refractivity contribution in [1.29, 1.82) is 0 Å². The molecule has 1 atom stereocenters. The number of aryl methyl sites for hydroxylation is 1. The van der Waals surface area contributed by atoms with Crippen molar-refractivity contribution in [2.24, 2.45) is 0 Å². The quantitative estimate of drug-likeness (QED) is 0.812. The molecule has 1 saturated heterocycles. The molecule has 1 aliphatic heterocycles. The summed E-state index contributed by atoms with van der Waals surface area (Å²) in [5.41, 5.74) is 0.724. The number of carbonyl (C=O) groups excluding carboxylic acids is 1. The molecule has 90 valence electrons. The summed E-state index contributed by atoms with van der Waals surface area (Å²) in [5, 5.41) is 9.83. The second-order valence-electron chi connectivity index (χ2n) is 3.85. The van der Waals surface area contributed by atoms with Gasteiger partial charge in [-0.1, -0.05) is 5.16 Å². The smallest absolute Gasteiger partial charge is 0.290 e. The summed E-state index contributed by atoms with van der Waals surface area (Å²) in [4.78, 5) is 11.7. The molecule has 0 aromatic carbocycles. The van der Waals surface area contributed by atoms with Gasteiger partial charge in [-0.3, -0.25) is 4.79 Å². The van der Waals surface area contributed by atoms with E-state index >= 15 is 0 Å². The molecule has 1 fully saturated rings. The van der Waals surface area contributed by atoms with Crippen molar-refractivity contribution < 1.29 is 9.32 Å². The molecule has 1 aromatic heterocycles. The number of hydrogen-bond acceptors (Lipinski definition) is 4. The summed E-state index contributed by atoms with van der Waals surface area (Å²) < 4.78 is 4.89. The lowest BCUT2D eigenvalue weighted by atomic mass is 10.1. The molecule has 2 heterocycles. The molecule has 0 radical (unpaired) electrons. The summed E-state index contributed by atoms with van der Waals surface area (Å²) in [7, 11) is 0. The normalized spacial score (nSPS) is 19.9. The average molecular weight is 246 g/mol. The van der Waals surface area contributed by atoms with Crippen LogP contribution in [0.5, 0.6) is 0 Å². The second-order valence-corrected chi connectivity index (χ2v) is 3.85. The maximum atomic E-state index is 11.7. The topological polar surface area (TPSA) is 67.2 Å². The van der Waals surface area contributed by atoms with Crippen LogP contribution in [0.3, 0.4) is 0 Å². The summed E-state index contributed by atoms with van der Waals surface area (Å²) in [6.07, 6.45) is 2.12. The third-order valence-corrected chi connectivity index (χ3v) is 2.48. The zero-order valence-electron chi connectivity index (χ0n) is 9.16. The van der Waals surface area contributed by atoms with Crippen LogP contribution in [0, 0.1) is 6.92 Å². The van der Waals surface area contributed by atoms with Crippen LogP contribution in [0.4, 0.5) is 0 Å². The summed E-state index contributed by atoms with van der Waals surface area (Å²) in [6.45, 7) is 3.66. The first-order valence-electron chi connectivity index (χ1n) is 5.20. The van der Waals surface area contributed by atoms with E-state index in [1.165, 1.54) is 0 Å². The van der Waals surface area contributed by atoms with Crippen LogP contribution in [0.25, 0.3) is 0 Å². The van der Waals surface area contributed by atoms with Crippen LogP contribution in [0.2, 0.25) is 0 Å². The van der Waals surface area contributed by atoms with Gasteiger partial charge < -0.3 is 15.2 Å². The first-order chi connectivity index (χ1) is 7.25. The minimum Gasteiger partial charge on any atom is -0.351 e. The fourth-order valence-electron chi connectivity index (χ4n) is 1.70. The minimum atomic E-state index is -0.177. The zero-order valence-corrected chi connectivity index (χ0v) is 9.97. The number of hydrogen-bond donors (Lipinski definition) is 2. The maximum absolute atomic E-state index is 11.7. The third kappa shape index (κ3) is 3.21. The fourth-order valence-corrected chi connectivity index (χ4v) is 1.70. The highest BCUT2D eigenvalue weighted by Crippen LogP contribution is 2.05. The lowest BCUT2D eigenvalue weighted by molar-refractivity contribution is 0.0893. The van der Waals surface area contributed by atoms with Crippen molar-refractivity contribution in [3.8, 4) is 0 Å². The Morgan fingerprint density at radius 1 is 1.69 bits per heavy atom. The summed E-state index contributed by atoms with van der Waals surface area (Å²) in [5.74, 6) is 0.113. The highest BCUT2D eigenvalue weighted by atomic mass is 35.5. The van der Waals surface area contributed by atoms with Gasteiger partial charge in [0.15, 0.2) is 0 Å². The van der Waals surface area contributed by atoms with Crippen molar-refractivity contribution >= 4 is 18.3 Å². The van der Waals surface area contributed by atoms with Crippen LogP contribution < -0.4 is 10.6 Å². The van der Waals surface area contributed by atoms with Gasteiger partial charge in [0.1, 0.15) is 0 Å². The number of halogens is 1. The maximum Gasteiger partial charge on any atom is 0.290 e. The molecule has 0 unspecified atom stereocenters. The van der Waals surface area contributed by atoms with E-state index in [0.717, 1.165) is 31.6 Å². The molecule has 0 aliphatic carbocycles. The lowest BCUT2D eigenvalue weighted by Gasteiger charge is -2.23. The average Bonchev–Trinajstić information content (AvgIpc) is 2.66. The van der Waals surface area contributed by atoms with E-state index in [-0.39, 0.29) is 30.1 Å². The second kappa shape index (κ2) is 5.86. The van der Waals surface area contributed by atoms with Crippen molar-refractivity contribution in [3.05, 3.63) is 17.5 Å². The number of amides is 1. The van der Waals surface area contributed by atoms with E-state index in [1.807, 2.05) is 0 Å². The number of rotatable bonds is 2. The molecule has 0 bridgehead atoms. The highest BCUT2D eigenvalue weighted by Gasteiger charge is 2.18. The molecule has 0 saturated carbocycles. The Morgan fingerprint density at radius 2 is 2.50 bits per heavy atom. The molecule has 2 N–H and O–H groups in total. The number of aromatic nitrogens is 1. The number of nitrogens with zero attached hydrogens (tertiary/aromatic N) is 1. The van der Waals surface area contributed by atoms with Crippen LogP contribution in [-0.2, 0) is 0 Å². The number of nitrogens with one attached hydrogen (secondary N) is 2. The monoisotopic (exact) mass is 245 g/mol. The van der Waals surface area contributed by atoms with Crippen LogP contribution in [0.1, 0.15) is 29.1 Å². The predicted octanol–water partition coefficient (Wildman–Crippen LogP) is 0.887. The van der Waals surface area contributed by atoms with Crippen LogP contribution in [0.15, 0.2) is 10.6 Å². The third-order valence-electron chi connectivity index (χ3n) is 2.48. The first kappa shape index (κ1) is 13.0. The van der Waals surface area contributed by atoms with Gasteiger partial charge in [0.25, 0.3) is 5.91 Å². The Kier molecular flexibility index (Phi) is 4.76. The zero-order chi connectivity index (χ0) is 10.7. The van der Waals surface area contributed by atoms with E-state index in [1.54, 1.807) is 13.0 Å². The predicted molar refractivity (Wildman–Crippen MR) is 61.8 cm³/mol. The first-order valence-corrected chi connectivity index (χ1v) is 5.20. The van der Waals surface area contributed by atoms with Crippen molar-refractivity contribution in [3.63, 3.8) is 0 Å². The van der Waals surface area contributed by atoms with Crippen molar-refractivity contribution in [2.75, 3.05) is 13.1 Å². The van der Waals surface area contributed by atoms with Gasteiger partial charge >= 0.3 is 0 Å². The van der Waals surface area contributed by atoms with Gasteiger partial charge in [-0.05, 0) is 26.3 Å². The molecular weight excluding hydrogens is 230 g/mol. The Bertz CT molecular complexity index is 348. The molecule has 1 aromatic rings. The Morgan fingerprint density at radius 3 is 3.06 bits per heavy atom.